The van der Waals surface area contributed by atoms with Crippen molar-refractivity contribution in [2.75, 3.05) is 0 Å². The van der Waals surface area contributed by atoms with Gasteiger partial charge in [-0.1, -0.05) is 4.68 Å². The van der Waals surface area contributed by atoms with Crippen LogP contribution < -0.4 is 0 Å². The van der Waals surface area contributed by atoms with E-state index in [4.69, 9.17) is 5.11 Å². The average molecular weight is 151 g/mol. The highest BCUT2D eigenvalue weighted by Crippen LogP contribution is 2.21. The van der Waals surface area contributed by atoms with Gasteiger partial charge in [-0.3, -0.25) is 0 Å². The lowest BCUT2D eigenvalue weighted by molar-refractivity contribution is -0.468. The molecule has 0 aromatic rings. The largest absolute Gasteiger partial charge is 0.477 e. The molecule has 2 aliphatic rings. The van der Waals surface area contributed by atoms with Gasteiger partial charge < -0.3 is 5.11 Å². The summed E-state index contributed by atoms with van der Waals surface area (Å²) in [7, 11) is 0. The molecule has 0 bridgehead atoms. The van der Waals surface area contributed by atoms with E-state index in [0.717, 1.165) is 18.5 Å². The predicted octanol–water partition coefficient (Wildman–Crippen LogP) is 0.202. The number of rotatable bonds is 1. The fourth-order valence-corrected chi connectivity index (χ4v) is 1.30. The monoisotopic (exact) mass is 151 g/mol. The Morgan fingerprint density at radius 1 is 1.73 bits per heavy atom. The Morgan fingerprint density at radius 3 is 3.27 bits per heavy atom. The molecular weight excluding hydrogens is 144 g/mol. The maximum Gasteiger partial charge on any atom is 0.344 e. The van der Waals surface area contributed by atoms with Gasteiger partial charge in [-0.15, -0.1) is 0 Å². The molecule has 56 valence electrons. The van der Waals surface area contributed by atoms with Gasteiger partial charge in [-0.05, 0) is 5.10 Å². The molecule has 0 spiro atoms. The highest BCUT2D eigenvalue weighted by Gasteiger charge is 2.32. The number of nitrogens with zero attached hydrogens (tertiary/aromatic N) is 2. The van der Waals surface area contributed by atoms with Gasteiger partial charge in [0.05, 0.1) is 0 Å². The van der Waals surface area contributed by atoms with Gasteiger partial charge in [-0.2, -0.15) is 0 Å². The zero-order valence-electron chi connectivity index (χ0n) is 5.82. The summed E-state index contributed by atoms with van der Waals surface area (Å²) < 4.78 is 1.64. The molecule has 0 amide bonds. The number of carbonyl (C=O) groups is 1. The SMILES string of the molecule is O=C(O)C1=C2CCC=[N+]2N=C1. The van der Waals surface area contributed by atoms with E-state index in [0.29, 0.717) is 5.57 Å². The van der Waals surface area contributed by atoms with Crippen LogP contribution in [-0.2, 0) is 4.79 Å². The highest BCUT2D eigenvalue weighted by atomic mass is 16.4. The first-order chi connectivity index (χ1) is 5.29. The maximum absolute atomic E-state index is 10.6. The number of hydrazone groups is 1. The molecule has 0 saturated carbocycles. The van der Waals surface area contributed by atoms with Crippen LogP contribution in [0.15, 0.2) is 16.4 Å². The molecule has 2 aliphatic heterocycles. The molecule has 11 heavy (non-hydrogen) atoms. The number of fused-ring (bicyclic) bond motifs is 1. The Kier molecular flexibility index (Phi) is 1.15. The minimum Gasteiger partial charge on any atom is -0.477 e. The summed E-state index contributed by atoms with van der Waals surface area (Å²) in [6.07, 6.45) is 4.97. The van der Waals surface area contributed by atoms with E-state index in [-0.39, 0.29) is 0 Å². The molecule has 4 nitrogen and oxygen atoms in total. The van der Waals surface area contributed by atoms with Crippen molar-refractivity contribution >= 4 is 18.4 Å². The van der Waals surface area contributed by atoms with Crippen molar-refractivity contribution in [3.05, 3.63) is 11.3 Å². The minimum atomic E-state index is -0.887. The van der Waals surface area contributed by atoms with Gasteiger partial charge in [0.1, 0.15) is 6.21 Å². The molecule has 1 N–H and O–H groups in total. The quantitative estimate of drug-likeness (QED) is 0.544. The van der Waals surface area contributed by atoms with Crippen molar-refractivity contribution in [1.29, 1.82) is 0 Å². The summed E-state index contributed by atoms with van der Waals surface area (Å²) in [6.45, 7) is 0. The average Bonchev–Trinajstić information content (AvgIpc) is 2.41. The topological polar surface area (TPSA) is 52.7 Å². The van der Waals surface area contributed by atoms with Crippen LogP contribution in [0.1, 0.15) is 12.8 Å². The van der Waals surface area contributed by atoms with Crippen molar-refractivity contribution in [3.8, 4) is 0 Å². The summed E-state index contributed by atoms with van der Waals surface area (Å²) >= 11 is 0. The smallest absolute Gasteiger partial charge is 0.344 e. The molecule has 2 rings (SSSR count). The Hall–Kier alpha value is -1.45. The van der Waals surface area contributed by atoms with Crippen molar-refractivity contribution in [3.63, 3.8) is 0 Å². The number of allylic oxidation sites excluding steroid dienone is 1. The Bertz CT molecular complexity index is 312. The first kappa shape index (κ1) is 6.27. The lowest BCUT2D eigenvalue weighted by Crippen LogP contribution is -2.03. The third-order valence-electron chi connectivity index (χ3n) is 1.81. The van der Waals surface area contributed by atoms with E-state index in [1.165, 1.54) is 6.21 Å². The minimum absolute atomic E-state index is 0.332. The lowest BCUT2D eigenvalue weighted by Gasteiger charge is -1.86. The number of hydrogen-bond donors (Lipinski definition) is 1. The summed E-state index contributed by atoms with van der Waals surface area (Å²) in [4.78, 5) is 10.6. The second-order valence-electron chi connectivity index (χ2n) is 2.48. The Labute approximate surface area is 63.2 Å². The first-order valence-electron chi connectivity index (χ1n) is 3.42. The standard InChI is InChI=1S/C7H6N2O2/c10-7(11)5-4-8-9-3-1-2-6(5)9/h3-4H,1-2H2/p+1. The fraction of sp³-hybridized carbons (Fsp3) is 0.286. The normalized spacial score (nSPS) is 20.5. The highest BCUT2D eigenvalue weighted by molar-refractivity contribution is 6.09. The zero-order chi connectivity index (χ0) is 7.84. The molecule has 0 radical (unpaired) electrons. The molecule has 0 fully saturated rings. The fourth-order valence-electron chi connectivity index (χ4n) is 1.30. The Balaban J connectivity index is 2.48. The second kappa shape index (κ2) is 2.02. The van der Waals surface area contributed by atoms with E-state index >= 15 is 0 Å². The summed E-state index contributed by atoms with van der Waals surface area (Å²) in [5, 5.41) is 12.6. The third-order valence-corrected chi connectivity index (χ3v) is 1.81. The van der Waals surface area contributed by atoms with E-state index in [1.54, 1.807) is 4.68 Å². The van der Waals surface area contributed by atoms with E-state index in [9.17, 15) is 4.79 Å². The van der Waals surface area contributed by atoms with Crippen LogP contribution in [-0.4, -0.2) is 28.2 Å². The number of hydrogen-bond acceptors (Lipinski definition) is 2. The molecule has 0 aliphatic carbocycles. The number of carboxylic acid groups (broad SMARTS) is 1. The molecule has 0 aromatic carbocycles. The van der Waals surface area contributed by atoms with Crippen LogP contribution in [0.4, 0.5) is 0 Å². The van der Waals surface area contributed by atoms with Crippen molar-refractivity contribution in [2.24, 2.45) is 5.10 Å². The van der Waals surface area contributed by atoms with Crippen LogP contribution >= 0.6 is 0 Å². The van der Waals surface area contributed by atoms with Crippen LogP contribution in [0.25, 0.3) is 0 Å². The van der Waals surface area contributed by atoms with Gasteiger partial charge in [0, 0.05) is 12.8 Å². The van der Waals surface area contributed by atoms with Gasteiger partial charge in [0.15, 0.2) is 11.8 Å². The first-order valence-corrected chi connectivity index (χ1v) is 3.42. The molecule has 4 heteroatoms. The van der Waals surface area contributed by atoms with Crippen LogP contribution in [0.2, 0.25) is 0 Å². The molecule has 0 atom stereocenters. The molecule has 0 unspecified atom stereocenters. The van der Waals surface area contributed by atoms with Gasteiger partial charge in [0.2, 0.25) is 5.70 Å². The van der Waals surface area contributed by atoms with E-state index < -0.39 is 5.97 Å². The van der Waals surface area contributed by atoms with E-state index in [2.05, 4.69) is 5.10 Å². The number of aliphatic carboxylic acids is 1. The maximum atomic E-state index is 10.6. The van der Waals surface area contributed by atoms with Crippen LogP contribution in [0.5, 0.6) is 0 Å². The Morgan fingerprint density at radius 2 is 2.55 bits per heavy atom. The number of carboxylic acids is 1. The molecular formula is C7H7N2O2+. The van der Waals surface area contributed by atoms with Gasteiger partial charge >= 0.3 is 5.97 Å². The van der Waals surface area contributed by atoms with Crippen molar-refractivity contribution in [2.45, 2.75) is 12.8 Å². The van der Waals surface area contributed by atoms with Gasteiger partial charge in [-0.25, -0.2) is 4.79 Å². The lowest BCUT2D eigenvalue weighted by atomic mass is 10.2. The third kappa shape index (κ3) is 0.790. The van der Waals surface area contributed by atoms with Crippen LogP contribution in [0.3, 0.4) is 0 Å². The molecule has 0 saturated heterocycles. The summed E-state index contributed by atoms with van der Waals surface area (Å²) in [6, 6.07) is 0. The van der Waals surface area contributed by atoms with Gasteiger partial charge in [0.25, 0.3) is 0 Å². The molecule has 0 aromatic heterocycles. The van der Waals surface area contributed by atoms with Crippen molar-refractivity contribution in [1.82, 2.24) is 0 Å². The zero-order valence-corrected chi connectivity index (χ0v) is 5.82. The summed E-state index contributed by atoms with van der Waals surface area (Å²) in [5.41, 5.74) is 1.15. The van der Waals surface area contributed by atoms with E-state index in [1.807, 2.05) is 6.21 Å². The van der Waals surface area contributed by atoms with Crippen molar-refractivity contribution < 1.29 is 14.6 Å². The second-order valence-corrected chi connectivity index (χ2v) is 2.48. The molecule has 2 heterocycles. The predicted molar refractivity (Wildman–Crippen MR) is 38.7 cm³/mol. The summed E-state index contributed by atoms with van der Waals surface area (Å²) in [5.74, 6) is -0.887. The van der Waals surface area contributed by atoms with Crippen LogP contribution in [0, 0.1) is 0 Å².